The summed E-state index contributed by atoms with van der Waals surface area (Å²) in [7, 11) is -2.56. The molecule has 1 N–H and O–H groups in total. The quantitative estimate of drug-likeness (QED) is 0.276. The van der Waals surface area contributed by atoms with Gasteiger partial charge in [0.05, 0.1) is 17.7 Å². The summed E-state index contributed by atoms with van der Waals surface area (Å²) in [4.78, 5) is 29.0. The van der Waals surface area contributed by atoms with Gasteiger partial charge in [-0.1, -0.05) is 62.7 Å². The second-order valence-corrected chi connectivity index (χ2v) is 12.9. The summed E-state index contributed by atoms with van der Waals surface area (Å²) < 4.78 is 34.6. The van der Waals surface area contributed by atoms with E-state index in [1.165, 1.54) is 4.90 Å². The number of ether oxygens (including phenoxy) is 1. The monoisotopic (exact) mass is 593 g/mol. The Labute approximate surface area is 250 Å². The van der Waals surface area contributed by atoms with E-state index in [1.54, 1.807) is 55.6 Å². The number of anilines is 1. The molecule has 0 unspecified atom stereocenters. The minimum absolute atomic E-state index is 0.0813. The van der Waals surface area contributed by atoms with Gasteiger partial charge in [0.2, 0.25) is 11.8 Å². The Hall–Kier alpha value is -3.85. The van der Waals surface area contributed by atoms with Crippen molar-refractivity contribution in [1.82, 2.24) is 10.2 Å². The maximum atomic E-state index is 14.2. The minimum atomic E-state index is -4.12. The number of rotatable bonds is 13. The van der Waals surface area contributed by atoms with E-state index in [-0.39, 0.29) is 29.3 Å². The van der Waals surface area contributed by atoms with Gasteiger partial charge in [-0.15, -0.1) is 0 Å². The number of hydrogen-bond donors (Lipinski definition) is 1. The van der Waals surface area contributed by atoms with Gasteiger partial charge in [-0.2, -0.15) is 0 Å². The van der Waals surface area contributed by atoms with Crippen molar-refractivity contribution in [3.8, 4) is 5.75 Å². The number of aryl methyl sites for hydroxylation is 1. The molecule has 8 nitrogen and oxygen atoms in total. The Kier molecular flexibility index (Phi) is 11.2. The van der Waals surface area contributed by atoms with Gasteiger partial charge in [0.25, 0.3) is 10.0 Å². The van der Waals surface area contributed by atoms with E-state index in [0.717, 1.165) is 21.0 Å². The Balaban J connectivity index is 2.09. The van der Waals surface area contributed by atoms with Crippen LogP contribution in [0, 0.1) is 6.92 Å². The zero-order valence-electron chi connectivity index (χ0n) is 25.6. The first-order valence-corrected chi connectivity index (χ1v) is 15.7. The van der Waals surface area contributed by atoms with Gasteiger partial charge in [-0.25, -0.2) is 8.42 Å². The molecule has 0 heterocycles. The van der Waals surface area contributed by atoms with Crippen molar-refractivity contribution < 1.29 is 22.7 Å². The maximum Gasteiger partial charge on any atom is 0.264 e. The van der Waals surface area contributed by atoms with E-state index in [0.29, 0.717) is 17.9 Å². The van der Waals surface area contributed by atoms with Crippen molar-refractivity contribution in [2.24, 2.45) is 0 Å². The van der Waals surface area contributed by atoms with Crippen LogP contribution < -0.4 is 14.4 Å². The molecule has 0 aliphatic carbocycles. The highest BCUT2D eigenvalue weighted by atomic mass is 32.2. The lowest BCUT2D eigenvalue weighted by Gasteiger charge is -2.33. The summed E-state index contributed by atoms with van der Waals surface area (Å²) >= 11 is 0. The molecule has 0 bridgehead atoms. The fraction of sp³-hybridized carbons (Fsp3) is 0.394. The molecule has 3 aromatic carbocycles. The first-order valence-electron chi connectivity index (χ1n) is 14.3. The average molecular weight is 594 g/mol. The van der Waals surface area contributed by atoms with Crippen LogP contribution in [-0.2, 0) is 26.2 Å². The zero-order valence-corrected chi connectivity index (χ0v) is 26.4. The van der Waals surface area contributed by atoms with Crippen LogP contribution in [0.1, 0.15) is 63.6 Å². The molecule has 2 amide bonds. The fourth-order valence-corrected chi connectivity index (χ4v) is 6.07. The molecule has 0 aliphatic heterocycles. The van der Waals surface area contributed by atoms with Gasteiger partial charge in [0.1, 0.15) is 18.3 Å². The lowest BCUT2D eigenvalue weighted by molar-refractivity contribution is -0.140. The van der Waals surface area contributed by atoms with Crippen LogP contribution in [0.5, 0.6) is 5.75 Å². The van der Waals surface area contributed by atoms with Crippen LogP contribution in [0.25, 0.3) is 0 Å². The molecule has 0 spiro atoms. The largest absolute Gasteiger partial charge is 0.497 e. The predicted octanol–water partition coefficient (Wildman–Crippen LogP) is 5.65. The molecule has 0 saturated carbocycles. The number of amides is 2. The molecule has 0 saturated heterocycles. The van der Waals surface area contributed by atoms with Crippen LogP contribution in [0.2, 0.25) is 0 Å². The molecule has 0 radical (unpaired) electrons. The summed E-state index contributed by atoms with van der Waals surface area (Å²) in [5.41, 5.74) is 3.10. The third kappa shape index (κ3) is 8.12. The summed E-state index contributed by atoms with van der Waals surface area (Å²) in [5, 5.41) is 2.91. The normalized spacial score (nSPS) is 12.2. The average Bonchev–Trinajstić information content (AvgIpc) is 2.95. The summed E-state index contributed by atoms with van der Waals surface area (Å²) in [5.74, 6) is 0.0875. The number of nitrogens with one attached hydrogen (secondary N) is 1. The van der Waals surface area contributed by atoms with E-state index in [1.807, 2.05) is 52.0 Å². The predicted molar refractivity (Wildman–Crippen MR) is 167 cm³/mol. The highest BCUT2D eigenvalue weighted by Gasteiger charge is 2.34. The molecular weight excluding hydrogens is 550 g/mol. The van der Waals surface area contributed by atoms with E-state index >= 15 is 0 Å². The number of hydrogen-bond acceptors (Lipinski definition) is 5. The van der Waals surface area contributed by atoms with Crippen molar-refractivity contribution in [2.75, 3.05) is 18.0 Å². The molecule has 0 aliphatic rings. The molecule has 42 heavy (non-hydrogen) atoms. The topological polar surface area (TPSA) is 96.0 Å². The number of methoxy groups -OCH3 is 1. The van der Waals surface area contributed by atoms with Gasteiger partial charge >= 0.3 is 0 Å². The van der Waals surface area contributed by atoms with Gasteiger partial charge < -0.3 is 15.0 Å². The summed E-state index contributed by atoms with van der Waals surface area (Å²) in [6, 6.07) is 20.1. The lowest BCUT2D eigenvalue weighted by Crippen LogP contribution is -2.53. The number of carbonyl (C=O) groups excluding carboxylic acids is 2. The SMILES string of the molecule is CC[C@H](C(=O)NC(C)C)N(Cc1cccc(OC)c1)C(=O)CN(c1ccc(C(C)C)cc1)S(=O)(=O)c1ccc(C)cc1. The highest BCUT2D eigenvalue weighted by Crippen LogP contribution is 2.27. The lowest BCUT2D eigenvalue weighted by atomic mass is 10.0. The molecule has 3 rings (SSSR count). The van der Waals surface area contributed by atoms with Gasteiger partial charge in [-0.05, 0) is 80.6 Å². The Bertz CT molecular complexity index is 1450. The Morgan fingerprint density at radius 1 is 0.929 bits per heavy atom. The van der Waals surface area contributed by atoms with Crippen molar-refractivity contribution in [3.05, 3.63) is 89.5 Å². The summed E-state index contributed by atoms with van der Waals surface area (Å²) in [6.45, 7) is 11.2. The highest BCUT2D eigenvalue weighted by molar-refractivity contribution is 7.92. The molecule has 0 aromatic heterocycles. The van der Waals surface area contributed by atoms with Crippen molar-refractivity contribution in [2.45, 2.75) is 77.4 Å². The van der Waals surface area contributed by atoms with Crippen molar-refractivity contribution in [1.29, 1.82) is 0 Å². The second-order valence-electron chi connectivity index (χ2n) is 11.0. The third-order valence-corrected chi connectivity index (χ3v) is 8.83. The fourth-order valence-electron chi connectivity index (χ4n) is 4.66. The number of nitrogens with zero attached hydrogens (tertiary/aromatic N) is 2. The van der Waals surface area contributed by atoms with Crippen molar-refractivity contribution in [3.63, 3.8) is 0 Å². The van der Waals surface area contributed by atoms with Gasteiger partial charge in [0.15, 0.2) is 0 Å². The first-order chi connectivity index (χ1) is 19.9. The van der Waals surface area contributed by atoms with Crippen LogP contribution in [0.15, 0.2) is 77.7 Å². The van der Waals surface area contributed by atoms with Crippen molar-refractivity contribution >= 4 is 27.5 Å². The van der Waals surface area contributed by atoms with Gasteiger partial charge in [-0.3, -0.25) is 13.9 Å². The smallest absolute Gasteiger partial charge is 0.264 e. The molecule has 226 valence electrons. The van der Waals surface area contributed by atoms with E-state index in [2.05, 4.69) is 19.2 Å². The summed E-state index contributed by atoms with van der Waals surface area (Å²) in [6.07, 6.45) is 0.349. The Morgan fingerprint density at radius 3 is 2.12 bits per heavy atom. The molecule has 3 aromatic rings. The van der Waals surface area contributed by atoms with E-state index in [9.17, 15) is 18.0 Å². The zero-order chi connectivity index (χ0) is 31.0. The van der Waals surface area contributed by atoms with Crippen LogP contribution >= 0.6 is 0 Å². The molecular formula is C33H43N3O5S. The third-order valence-electron chi connectivity index (χ3n) is 7.04. The first kappa shape index (κ1) is 32.7. The van der Waals surface area contributed by atoms with Gasteiger partial charge in [0, 0.05) is 12.6 Å². The number of sulfonamides is 1. The minimum Gasteiger partial charge on any atom is -0.497 e. The van der Waals surface area contributed by atoms with Crippen LogP contribution in [-0.4, -0.2) is 50.9 Å². The molecule has 0 fully saturated rings. The second kappa shape index (κ2) is 14.4. The number of carbonyl (C=O) groups is 2. The standard InChI is InChI=1S/C33H43N3O5S/c1-8-31(33(38)34-24(4)5)35(21-26-10-9-11-29(20-26)41-7)32(37)22-36(28-16-14-27(15-17-28)23(2)3)42(39,40)30-18-12-25(6)13-19-30/h9-20,23-24,31H,8,21-22H2,1-7H3,(H,34,38)/t31-/m1/s1. The molecule has 9 heteroatoms. The Morgan fingerprint density at radius 2 is 1.57 bits per heavy atom. The van der Waals surface area contributed by atoms with E-state index in [4.69, 9.17) is 4.74 Å². The van der Waals surface area contributed by atoms with Crippen LogP contribution in [0.4, 0.5) is 5.69 Å². The van der Waals surface area contributed by atoms with E-state index < -0.39 is 28.5 Å². The number of benzene rings is 3. The van der Waals surface area contributed by atoms with Crippen LogP contribution in [0.3, 0.4) is 0 Å². The molecule has 1 atom stereocenters. The maximum absolute atomic E-state index is 14.2.